The van der Waals surface area contributed by atoms with Crippen LogP contribution in [0.25, 0.3) is 0 Å². The summed E-state index contributed by atoms with van der Waals surface area (Å²) in [6, 6.07) is 6.98. The summed E-state index contributed by atoms with van der Waals surface area (Å²) < 4.78 is 0. The first kappa shape index (κ1) is 12.4. The van der Waals surface area contributed by atoms with E-state index in [0.29, 0.717) is 6.04 Å². The summed E-state index contributed by atoms with van der Waals surface area (Å²) in [6.07, 6.45) is 6.90. The van der Waals surface area contributed by atoms with Gasteiger partial charge in [-0.15, -0.1) is 11.8 Å². The largest absolute Gasteiger partial charge is 0.297 e. The second-order valence-electron chi connectivity index (χ2n) is 4.64. The molecular formula is C13H17N3S. The van der Waals surface area contributed by atoms with E-state index in [4.69, 9.17) is 0 Å². The Morgan fingerprint density at radius 2 is 2.24 bits per heavy atom. The molecule has 4 heteroatoms. The van der Waals surface area contributed by atoms with Crippen molar-refractivity contribution in [3.05, 3.63) is 24.5 Å². The van der Waals surface area contributed by atoms with Crippen LogP contribution in [0.15, 0.2) is 29.4 Å². The second-order valence-corrected chi connectivity index (χ2v) is 5.81. The van der Waals surface area contributed by atoms with Gasteiger partial charge in [-0.05, 0) is 38.3 Å². The number of pyridine rings is 1. The van der Waals surface area contributed by atoms with E-state index in [1.54, 1.807) is 24.2 Å². The third-order valence-corrected chi connectivity index (χ3v) is 3.88. The third kappa shape index (κ3) is 4.03. The van der Waals surface area contributed by atoms with Crippen molar-refractivity contribution in [2.24, 2.45) is 0 Å². The molecule has 0 saturated heterocycles. The summed E-state index contributed by atoms with van der Waals surface area (Å²) in [7, 11) is 0. The highest BCUT2D eigenvalue weighted by Gasteiger charge is 2.31. The molecular weight excluding hydrogens is 230 g/mol. The Balaban J connectivity index is 1.78. The molecule has 1 aliphatic carbocycles. The summed E-state index contributed by atoms with van der Waals surface area (Å²) >= 11 is 1.78. The molecule has 17 heavy (non-hydrogen) atoms. The van der Waals surface area contributed by atoms with Gasteiger partial charge in [0.25, 0.3) is 0 Å². The van der Waals surface area contributed by atoms with Crippen LogP contribution < -0.4 is 5.32 Å². The van der Waals surface area contributed by atoms with Crippen molar-refractivity contribution in [2.75, 3.05) is 5.75 Å². The van der Waals surface area contributed by atoms with Crippen molar-refractivity contribution in [2.45, 2.75) is 42.7 Å². The first-order valence-corrected chi connectivity index (χ1v) is 6.92. The van der Waals surface area contributed by atoms with Crippen molar-refractivity contribution >= 4 is 11.8 Å². The highest BCUT2D eigenvalue weighted by molar-refractivity contribution is 7.99. The molecule has 1 N–H and O–H groups in total. The Kier molecular flexibility index (Phi) is 4.03. The zero-order chi connectivity index (χ0) is 12.1. The highest BCUT2D eigenvalue weighted by atomic mass is 32.2. The fourth-order valence-corrected chi connectivity index (χ4v) is 2.71. The van der Waals surface area contributed by atoms with Crippen LogP contribution >= 0.6 is 11.8 Å². The molecule has 1 atom stereocenters. The number of hydrogen-bond donors (Lipinski definition) is 1. The molecule has 0 aromatic carbocycles. The summed E-state index contributed by atoms with van der Waals surface area (Å²) in [5.74, 6) is 0.952. The lowest BCUT2D eigenvalue weighted by molar-refractivity contribution is 0.434. The van der Waals surface area contributed by atoms with E-state index in [2.05, 4.69) is 16.4 Å². The summed E-state index contributed by atoms with van der Waals surface area (Å²) in [4.78, 5) is 5.20. The van der Waals surface area contributed by atoms with Gasteiger partial charge in [-0.2, -0.15) is 5.26 Å². The summed E-state index contributed by atoms with van der Waals surface area (Å²) in [5.41, 5.74) is -0.374. The number of hydrogen-bond acceptors (Lipinski definition) is 4. The van der Waals surface area contributed by atoms with Gasteiger partial charge in [-0.1, -0.05) is 0 Å². The smallest absolute Gasteiger partial charge is 0.104 e. The Labute approximate surface area is 107 Å². The van der Waals surface area contributed by atoms with E-state index in [9.17, 15) is 5.26 Å². The number of nitriles is 1. The highest BCUT2D eigenvalue weighted by Crippen LogP contribution is 2.26. The van der Waals surface area contributed by atoms with Gasteiger partial charge in [0, 0.05) is 29.1 Å². The van der Waals surface area contributed by atoms with Crippen LogP contribution in [-0.4, -0.2) is 22.3 Å². The second kappa shape index (κ2) is 5.52. The molecule has 0 spiro atoms. The van der Waals surface area contributed by atoms with Gasteiger partial charge in [-0.25, -0.2) is 0 Å². The number of nitrogens with one attached hydrogen (secondary N) is 1. The standard InChI is InChI=1S/C13H17N3S/c1-13(10-14,16-11-2-3-11)6-9-17-12-4-7-15-8-5-12/h4-5,7-8,11,16H,2-3,6,9H2,1H3. The molecule has 0 aliphatic heterocycles. The Hall–Kier alpha value is -1.05. The van der Waals surface area contributed by atoms with E-state index in [1.165, 1.54) is 17.7 Å². The van der Waals surface area contributed by atoms with E-state index in [-0.39, 0.29) is 5.54 Å². The lowest BCUT2D eigenvalue weighted by atomic mass is 10.0. The van der Waals surface area contributed by atoms with Crippen molar-refractivity contribution < 1.29 is 0 Å². The van der Waals surface area contributed by atoms with E-state index >= 15 is 0 Å². The normalized spacial score (nSPS) is 18.4. The molecule has 1 aromatic rings. The molecule has 1 unspecified atom stereocenters. The van der Waals surface area contributed by atoms with Crippen LogP contribution in [0, 0.1) is 11.3 Å². The Morgan fingerprint density at radius 1 is 1.53 bits per heavy atom. The molecule has 1 fully saturated rings. The quantitative estimate of drug-likeness (QED) is 0.785. The van der Waals surface area contributed by atoms with Gasteiger partial charge in [0.15, 0.2) is 0 Å². The molecule has 3 nitrogen and oxygen atoms in total. The summed E-state index contributed by atoms with van der Waals surface area (Å²) in [5, 5.41) is 12.6. The van der Waals surface area contributed by atoms with Crippen LogP contribution in [-0.2, 0) is 0 Å². The van der Waals surface area contributed by atoms with Gasteiger partial charge >= 0.3 is 0 Å². The lowest BCUT2D eigenvalue weighted by Crippen LogP contribution is -2.42. The maximum absolute atomic E-state index is 9.23. The van der Waals surface area contributed by atoms with Gasteiger partial charge in [-0.3, -0.25) is 10.3 Å². The van der Waals surface area contributed by atoms with E-state index < -0.39 is 0 Å². The molecule has 1 aromatic heterocycles. The average molecular weight is 247 g/mol. The Bertz CT molecular complexity index is 397. The fraction of sp³-hybridized carbons (Fsp3) is 0.538. The maximum Gasteiger partial charge on any atom is 0.104 e. The van der Waals surface area contributed by atoms with Crippen LogP contribution in [0.2, 0.25) is 0 Å². The molecule has 1 saturated carbocycles. The number of aromatic nitrogens is 1. The monoisotopic (exact) mass is 247 g/mol. The first-order valence-electron chi connectivity index (χ1n) is 5.94. The molecule has 0 amide bonds. The maximum atomic E-state index is 9.23. The van der Waals surface area contributed by atoms with Gasteiger partial charge in [0.2, 0.25) is 0 Å². The number of rotatable bonds is 6. The van der Waals surface area contributed by atoms with Crippen LogP contribution in [0.5, 0.6) is 0 Å². The molecule has 90 valence electrons. The topological polar surface area (TPSA) is 48.7 Å². The molecule has 0 bridgehead atoms. The molecule has 2 rings (SSSR count). The van der Waals surface area contributed by atoms with Gasteiger partial charge in [0.1, 0.15) is 5.54 Å². The van der Waals surface area contributed by atoms with Crippen molar-refractivity contribution in [3.63, 3.8) is 0 Å². The number of thioether (sulfide) groups is 1. The summed E-state index contributed by atoms with van der Waals surface area (Å²) in [6.45, 7) is 2.00. The lowest BCUT2D eigenvalue weighted by Gasteiger charge is -2.22. The molecule has 0 radical (unpaired) electrons. The minimum Gasteiger partial charge on any atom is -0.297 e. The zero-order valence-corrected chi connectivity index (χ0v) is 10.8. The zero-order valence-electron chi connectivity index (χ0n) is 10.0. The van der Waals surface area contributed by atoms with E-state index in [1.807, 2.05) is 19.1 Å². The average Bonchev–Trinajstić information content (AvgIpc) is 3.14. The minimum atomic E-state index is -0.374. The molecule has 1 heterocycles. The molecule has 1 aliphatic rings. The third-order valence-electron chi connectivity index (χ3n) is 2.87. The van der Waals surface area contributed by atoms with Crippen molar-refractivity contribution in [1.82, 2.24) is 10.3 Å². The first-order chi connectivity index (χ1) is 8.22. The fourth-order valence-electron chi connectivity index (χ4n) is 1.65. The van der Waals surface area contributed by atoms with Gasteiger partial charge in [0.05, 0.1) is 6.07 Å². The van der Waals surface area contributed by atoms with Crippen LogP contribution in [0.4, 0.5) is 0 Å². The van der Waals surface area contributed by atoms with Crippen molar-refractivity contribution in [1.29, 1.82) is 5.26 Å². The van der Waals surface area contributed by atoms with Gasteiger partial charge < -0.3 is 0 Å². The number of nitrogens with zero attached hydrogens (tertiary/aromatic N) is 2. The van der Waals surface area contributed by atoms with Crippen LogP contribution in [0.3, 0.4) is 0 Å². The van der Waals surface area contributed by atoms with Crippen LogP contribution in [0.1, 0.15) is 26.2 Å². The Morgan fingerprint density at radius 3 is 2.82 bits per heavy atom. The predicted octanol–water partition coefficient (Wildman–Crippen LogP) is 2.60. The predicted molar refractivity (Wildman–Crippen MR) is 69.8 cm³/mol. The van der Waals surface area contributed by atoms with E-state index in [0.717, 1.165) is 12.2 Å². The SMILES string of the molecule is CC(C#N)(CCSc1ccncc1)NC1CC1. The van der Waals surface area contributed by atoms with Crippen molar-refractivity contribution in [3.8, 4) is 6.07 Å². The minimum absolute atomic E-state index is 0.374.